The summed E-state index contributed by atoms with van der Waals surface area (Å²) in [6, 6.07) is 2.63. The molecule has 1 amide bonds. The lowest BCUT2D eigenvalue weighted by molar-refractivity contribution is -0.121. The van der Waals surface area contributed by atoms with Crippen LogP contribution in [0.1, 0.15) is 62.5 Å². The van der Waals surface area contributed by atoms with Gasteiger partial charge < -0.3 is 15.6 Å². The van der Waals surface area contributed by atoms with Gasteiger partial charge in [0.05, 0.1) is 0 Å². The van der Waals surface area contributed by atoms with Gasteiger partial charge in [-0.05, 0) is 51.2 Å². The van der Waals surface area contributed by atoms with E-state index in [0.717, 1.165) is 32.2 Å². The number of nitrogens with zero attached hydrogens (tertiary/aromatic N) is 1. The summed E-state index contributed by atoms with van der Waals surface area (Å²) in [5, 5.41) is 3.02. The van der Waals surface area contributed by atoms with Crippen molar-refractivity contribution in [1.29, 1.82) is 0 Å². The summed E-state index contributed by atoms with van der Waals surface area (Å²) in [5.74, 6) is 0.140. The zero-order valence-electron chi connectivity index (χ0n) is 12.9. The van der Waals surface area contributed by atoms with Crippen molar-refractivity contribution in [3.8, 4) is 0 Å². The van der Waals surface area contributed by atoms with Crippen molar-refractivity contribution in [2.45, 2.75) is 71.5 Å². The van der Waals surface area contributed by atoms with Gasteiger partial charge in [0.1, 0.15) is 0 Å². The number of fused-ring (bicyclic) bond motifs is 1. The number of nitrogens with two attached hydrogens (primary N) is 1. The van der Waals surface area contributed by atoms with Crippen LogP contribution in [0.15, 0.2) is 6.07 Å². The number of aromatic nitrogens is 1. The summed E-state index contributed by atoms with van der Waals surface area (Å²) < 4.78 is 2.28. The molecule has 1 aliphatic carbocycles. The van der Waals surface area contributed by atoms with Gasteiger partial charge in [0.2, 0.25) is 5.91 Å². The van der Waals surface area contributed by atoms with Crippen molar-refractivity contribution in [2.75, 3.05) is 0 Å². The van der Waals surface area contributed by atoms with Gasteiger partial charge in [0, 0.05) is 36.4 Å². The first-order chi connectivity index (χ1) is 9.52. The highest BCUT2D eigenvalue weighted by Gasteiger charge is 2.22. The Morgan fingerprint density at radius 1 is 1.60 bits per heavy atom. The minimum atomic E-state index is 0.140. The second-order valence-electron chi connectivity index (χ2n) is 5.96. The molecule has 1 heterocycles. The first kappa shape index (κ1) is 15.1. The third-order valence-corrected chi connectivity index (χ3v) is 4.36. The van der Waals surface area contributed by atoms with Crippen LogP contribution in [0.3, 0.4) is 0 Å². The molecular weight excluding hydrogens is 250 g/mol. The van der Waals surface area contributed by atoms with Crippen LogP contribution in [0.4, 0.5) is 0 Å². The molecule has 0 saturated heterocycles. The van der Waals surface area contributed by atoms with Crippen molar-refractivity contribution in [3.05, 3.63) is 23.0 Å². The molecule has 2 unspecified atom stereocenters. The van der Waals surface area contributed by atoms with E-state index in [1.165, 1.54) is 17.0 Å². The minimum Gasteiger partial charge on any atom is -0.354 e. The molecule has 0 saturated carbocycles. The molecule has 20 heavy (non-hydrogen) atoms. The van der Waals surface area contributed by atoms with E-state index in [1.807, 2.05) is 6.92 Å². The number of aryl methyl sites for hydroxylation is 1. The number of nitrogens with one attached hydrogen (secondary N) is 1. The maximum atomic E-state index is 11.9. The van der Waals surface area contributed by atoms with Gasteiger partial charge >= 0.3 is 0 Å². The summed E-state index contributed by atoms with van der Waals surface area (Å²) in [7, 11) is 0. The van der Waals surface area contributed by atoms with Crippen molar-refractivity contribution in [1.82, 2.24) is 9.88 Å². The van der Waals surface area contributed by atoms with Crippen LogP contribution >= 0.6 is 0 Å². The van der Waals surface area contributed by atoms with E-state index in [9.17, 15) is 4.79 Å². The Bertz CT molecular complexity index is 478. The van der Waals surface area contributed by atoms with Gasteiger partial charge in [-0.3, -0.25) is 4.79 Å². The molecule has 3 N–H and O–H groups in total. The molecule has 112 valence electrons. The number of hydrogen-bond acceptors (Lipinski definition) is 2. The van der Waals surface area contributed by atoms with Gasteiger partial charge in [-0.1, -0.05) is 6.92 Å². The molecule has 1 aromatic heterocycles. The van der Waals surface area contributed by atoms with Crippen LogP contribution in [0, 0.1) is 6.92 Å². The van der Waals surface area contributed by atoms with Crippen LogP contribution in [0.5, 0.6) is 0 Å². The van der Waals surface area contributed by atoms with E-state index in [-0.39, 0.29) is 18.0 Å². The van der Waals surface area contributed by atoms with Crippen LogP contribution in [0.25, 0.3) is 0 Å². The molecule has 1 aliphatic rings. The summed E-state index contributed by atoms with van der Waals surface area (Å²) in [5.41, 5.74) is 10.0. The number of carbonyl (C=O) groups excluding carboxylic acids is 1. The number of amides is 1. The van der Waals surface area contributed by atoms with Crippen molar-refractivity contribution >= 4 is 5.91 Å². The van der Waals surface area contributed by atoms with Crippen molar-refractivity contribution in [2.24, 2.45) is 5.73 Å². The van der Waals surface area contributed by atoms with Gasteiger partial charge in [0.15, 0.2) is 0 Å². The highest BCUT2D eigenvalue weighted by molar-refractivity contribution is 5.76. The monoisotopic (exact) mass is 277 g/mol. The van der Waals surface area contributed by atoms with Gasteiger partial charge in [0.25, 0.3) is 0 Å². The maximum Gasteiger partial charge on any atom is 0.221 e. The number of rotatable bonds is 5. The summed E-state index contributed by atoms with van der Waals surface area (Å²) in [6.45, 7) is 6.99. The second kappa shape index (κ2) is 6.44. The third-order valence-electron chi connectivity index (χ3n) is 4.36. The molecule has 0 aliphatic heterocycles. The molecule has 1 aromatic rings. The maximum absolute atomic E-state index is 11.9. The van der Waals surface area contributed by atoms with E-state index in [1.54, 1.807) is 0 Å². The standard InChI is InChI=1S/C16H27N3O/c1-4-11(2)18-16(20)8-9-19-12(3)10-13-14(17)6-5-7-15(13)19/h10-11,14H,4-9,17H2,1-3H3,(H,18,20). The highest BCUT2D eigenvalue weighted by Crippen LogP contribution is 2.30. The Morgan fingerprint density at radius 3 is 3.05 bits per heavy atom. The SMILES string of the molecule is CCC(C)NC(=O)CCn1c(C)cc2c1CCCC2N. The molecule has 0 fully saturated rings. The lowest BCUT2D eigenvalue weighted by atomic mass is 9.93. The van der Waals surface area contributed by atoms with E-state index in [2.05, 4.69) is 29.8 Å². The summed E-state index contributed by atoms with van der Waals surface area (Å²) in [6.07, 6.45) is 4.82. The average molecular weight is 277 g/mol. The molecule has 0 bridgehead atoms. The zero-order chi connectivity index (χ0) is 14.7. The average Bonchev–Trinajstić information content (AvgIpc) is 2.74. The van der Waals surface area contributed by atoms with Crippen LogP contribution < -0.4 is 11.1 Å². The quantitative estimate of drug-likeness (QED) is 0.868. The highest BCUT2D eigenvalue weighted by atomic mass is 16.1. The Kier molecular flexibility index (Phi) is 4.86. The molecule has 2 rings (SSSR count). The first-order valence-electron chi connectivity index (χ1n) is 7.76. The van der Waals surface area contributed by atoms with E-state index >= 15 is 0 Å². The lowest BCUT2D eigenvalue weighted by Gasteiger charge is -2.21. The van der Waals surface area contributed by atoms with Gasteiger partial charge in [-0.15, -0.1) is 0 Å². The van der Waals surface area contributed by atoms with Gasteiger partial charge in [-0.2, -0.15) is 0 Å². The molecule has 0 spiro atoms. The fourth-order valence-corrected chi connectivity index (χ4v) is 2.97. The molecule has 2 atom stereocenters. The molecule has 0 radical (unpaired) electrons. The summed E-state index contributed by atoms with van der Waals surface area (Å²) >= 11 is 0. The predicted molar refractivity (Wildman–Crippen MR) is 81.5 cm³/mol. The van der Waals surface area contributed by atoms with Crippen LogP contribution in [0.2, 0.25) is 0 Å². The van der Waals surface area contributed by atoms with Crippen molar-refractivity contribution in [3.63, 3.8) is 0 Å². The van der Waals surface area contributed by atoms with Gasteiger partial charge in [-0.25, -0.2) is 0 Å². The normalized spacial score (nSPS) is 19.5. The fraction of sp³-hybridized carbons (Fsp3) is 0.688. The second-order valence-corrected chi connectivity index (χ2v) is 5.96. The predicted octanol–water partition coefficient (Wildman–Crippen LogP) is 2.44. The lowest BCUT2D eigenvalue weighted by Crippen LogP contribution is -2.32. The fourth-order valence-electron chi connectivity index (χ4n) is 2.97. The van der Waals surface area contributed by atoms with E-state index in [4.69, 9.17) is 5.73 Å². The number of carbonyl (C=O) groups is 1. The molecule has 4 heteroatoms. The third kappa shape index (κ3) is 3.23. The Labute approximate surface area is 121 Å². The largest absolute Gasteiger partial charge is 0.354 e. The summed E-state index contributed by atoms with van der Waals surface area (Å²) in [4.78, 5) is 11.9. The van der Waals surface area contributed by atoms with Crippen LogP contribution in [-0.2, 0) is 17.8 Å². The Balaban J connectivity index is 2.02. The van der Waals surface area contributed by atoms with E-state index < -0.39 is 0 Å². The minimum absolute atomic E-state index is 0.140. The Morgan fingerprint density at radius 2 is 2.35 bits per heavy atom. The molecule has 0 aromatic carbocycles. The van der Waals surface area contributed by atoms with Crippen molar-refractivity contribution < 1.29 is 4.79 Å². The first-order valence-corrected chi connectivity index (χ1v) is 7.76. The zero-order valence-corrected chi connectivity index (χ0v) is 12.9. The molecular formula is C16H27N3O. The topological polar surface area (TPSA) is 60.0 Å². The van der Waals surface area contributed by atoms with E-state index in [0.29, 0.717) is 6.42 Å². The van der Waals surface area contributed by atoms with Crippen LogP contribution in [-0.4, -0.2) is 16.5 Å². The smallest absolute Gasteiger partial charge is 0.221 e. The Hall–Kier alpha value is -1.29. The molecule has 4 nitrogen and oxygen atoms in total. The number of hydrogen-bond donors (Lipinski definition) is 2.